The van der Waals surface area contributed by atoms with Gasteiger partial charge >= 0.3 is 0 Å². The van der Waals surface area contributed by atoms with Gasteiger partial charge in [0.15, 0.2) is 0 Å². The summed E-state index contributed by atoms with van der Waals surface area (Å²) in [5.74, 6) is 0.667. The summed E-state index contributed by atoms with van der Waals surface area (Å²) in [6.45, 7) is 2.39. The van der Waals surface area contributed by atoms with Crippen LogP contribution in [0.4, 0.5) is 0 Å². The molecule has 0 saturated heterocycles. The van der Waals surface area contributed by atoms with Crippen LogP contribution >= 0.6 is 0 Å². The molecule has 0 fully saturated rings. The van der Waals surface area contributed by atoms with E-state index >= 15 is 0 Å². The fourth-order valence-corrected chi connectivity index (χ4v) is 1.88. The van der Waals surface area contributed by atoms with Crippen molar-refractivity contribution in [3.05, 3.63) is 63.3 Å². The van der Waals surface area contributed by atoms with Gasteiger partial charge in [-0.1, -0.05) is 29.8 Å². The molecular formula is C14H16N2O2. The van der Waals surface area contributed by atoms with Crippen LogP contribution in [0.15, 0.2) is 35.1 Å². The Hall–Kier alpha value is -1.94. The lowest BCUT2D eigenvalue weighted by molar-refractivity contribution is 0.181. The highest BCUT2D eigenvalue weighted by molar-refractivity contribution is 5.24. The molecule has 0 amide bonds. The quantitative estimate of drug-likeness (QED) is 0.892. The van der Waals surface area contributed by atoms with Crippen molar-refractivity contribution >= 4 is 0 Å². The minimum Gasteiger partial charge on any atom is -0.378 e. The Morgan fingerprint density at radius 1 is 1.33 bits per heavy atom. The van der Waals surface area contributed by atoms with Crippen LogP contribution in [0, 0.1) is 6.92 Å². The van der Waals surface area contributed by atoms with E-state index in [1.807, 2.05) is 25.1 Å². The molecule has 1 heterocycles. The van der Waals surface area contributed by atoms with Crippen molar-refractivity contribution in [1.29, 1.82) is 0 Å². The molecule has 4 nitrogen and oxygen atoms in total. The smallest absolute Gasteiger partial charge is 0.251 e. The van der Waals surface area contributed by atoms with Gasteiger partial charge in [-0.2, -0.15) is 0 Å². The average Bonchev–Trinajstić information content (AvgIpc) is 2.28. The third-order valence-corrected chi connectivity index (χ3v) is 2.59. The third-order valence-electron chi connectivity index (χ3n) is 2.59. The van der Waals surface area contributed by atoms with E-state index in [-0.39, 0.29) is 5.56 Å². The Morgan fingerprint density at radius 3 is 2.89 bits per heavy atom. The van der Waals surface area contributed by atoms with E-state index in [1.54, 1.807) is 7.11 Å². The summed E-state index contributed by atoms with van der Waals surface area (Å²) in [5, 5.41) is 0. The lowest BCUT2D eigenvalue weighted by Gasteiger charge is -2.04. The van der Waals surface area contributed by atoms with Gasteiger partial charge in [-0.05, 0) is 12.5 Å². The monoisotopic (exact) mass is 244 g/mol. The van der Waals surface area contributed by atoms with Crippen molar-refractivity contribution in [2.45, 2.75) is 20.0 Å². The van der Waals surface area contributed by atoms with E-state index in [0.717, 1.165) is 5.56 Å². The average molecular weight is 244 g/mol. The summed E-state index contributed by atoms with van der Waals surface area (Å²) in [5.41, 5.74) is 2.85. The first-order valence-corrected chi connectivity index (χ1v) is 5.81. The van der Waals surface area contributed by atoms with E-state index in [4.69, 9.17) is 4.74 Å². The van der Waals surface area contributed by atoms with Crippen molar-refractivity contribution < 1.29 is 4.74 Å². The first kappa shape index (κ1) is 12.5. The molecule has 2 aromatic rings. The van der Waals surface area contributed by atoms with Crippen LogP contribution in [0.5, 0.6) is 0 Å². The molecule has 0 atom stereocenters. The molecule has 0 bridgehead atoms. The molecule has 1 N–H and O–H groups in total. The SMILES string of the molecule is COCc1cc(=O)[nH]c(Cc2cccc(C)c2)n1. The lowest BCUT2D eigenvalue weighted by atomic mass is 10.1. The number of aromatic amines is 1. The molecule has 4 heteroatoms. The highest BCUT2D eigenvalue weighted by atomic mass is 16.5. The molecule has 0 unspecified atom stereocenters. The van der Waals surface area contributed by atoms with Gasteiger partial charge in [-0.25, -0.2) is 4.98 Å². The number of ether oxygens (including phenoxy) is 1. The predicted molar refractivity (Wildman–Crippen MR) is 69.6 cm³/mol. The van der Waals surface area contributed by atoms with E-state index in [2.05, 4.69) is 16.0 Å². The molecule has 0 aliphatic carbocycles. The van der Waals surface area contributed by atoms with Gasteiger partial charge in [0, 0.05) is 19.6 Å². The molecular weight excluding hydrogens is 228 g/mol. The largest absolute Gasteiger partial charge is 0.378 e. The van der Waals surface area contributed by atoms with Gasteiger partial charge in [0.25, 0.3) is 5.56 Å². The number of H-pyrrole nitrogens is 1. The van der Waals surface area contributed by atoms with Crippen molar-refractivity contribution in [3.63, 3.8) is 0 Å². The summed E-state index contributed by atoms with van der Waals surface area (Å²) in [7, 11) is 1.59. The molecule has 0 spiro atoms. The van der Waals surface area contributed by atoms with Crippen LogP contribution in [-0.4, -0.2) is 17.1 Å². The highest BCUT2D eigenvalue weighted by Crippen LogP contribution is 2.08. The van der Waals surface area contributed by atoms with Gasteiger partial charge in [0.2, 0.25) is 0 Å². The standard InChI is InChI=1S/C14H16N2O2/c1-10-4-3-5-11(6-10)7-13-15-12(9-18-2)8-14(17)16-13/h3-6,8H,7,9H2,1-2H3,(H,15,16,17). The van der Waals surface area contributed by atoms with Gasteiger partial charge in [0.05, 0.1) is 12.3 Å². The third kappa shape index (κ3) is 3.28. The van der Waals surface area contributed by atoms with Crippen LogP contribution in [0.1, 0.15) is 22.6 Å². The Balaban J connectivity index is 2.26. The Labute approximate surface area is 106 Å². The topological polar surface area (TPSA) is 55.0 Å². The maximum atomic E-state index is 11.5. The van der Waals surface area contributed by atoms with Gasteiger partial charge in [-0.15, -0.1) is 0 Å². The number of hydrogen-bond acceptors (Lipinski definition) is 3. The number of hydrogen-bond donors (Lipinski definition) is 1. The molecule has 18 heavy (non-hydrogen) atoms. The molecule has 1 aromatic heterocycles. The van der Waals surface area contributed by atoms with Gasteiger partial charge < -0.3 is 9.72 Å². The fourth-order valence-electron chi connectivity index (χ4n) is 1.88. The normalized spacial score (nSPS) is 10.6. The maximum absolute atomic E-state index is 11.5. The summed E-state index contributed by atoms with van der Waals surface area (Å²) in [6, 6.07) is 9.62. The summed E-state index contributed by atoms with van der Waals surface area (Å²) >= 11 is 0. The minimum atomic E-state index is -0.139. The van der Waals surface area contributed by atoms with Crippen molar-refractivity contribution in [2.24, 2.45) is 0 Å². The second-order valence-corrected chi connectivity index (χ2v) is 4.28. The number of aryl methyl sites for hydroxylation is 1. The van der Waals surface area contributed by atoms with Crippen LogP contribution in [-0.2, 0) is 17.8 Å². The zero-order valence-corrected chi connectivity index (χ0v) is 10.6. The lowest BCUT2D eigenvalue weighted by Crippen LogP contribution is -2.13. The zero-order valence-electron chi connectivity index (χ0n) is 10.6. The first-order valence-electron chi connectivity index (χ1n) is 5.81. The molecule has 0 saturated carbocycles. The zero-order chi connectivity index (χ0) is 13.0. The Morgan fingerprint density at radius 2 is 2.17 bits per heavy atom. The second-order valence-electron chi connectivity index (χ2n) is 4.28. The van der Waals surface area contributed by atoms with Gasteiger partial charge in [0.1, 0.15) is 5.82 Å². The maximum Gasteiger partial charge on any atom is 0.251 e. The number of rotatable bonds is 4. The van der Waals surface area contributed by atoms with Crippen LogP contribution in [0.25, 0.3) is 0 Å². The van der Waals surface area contributed by atoms with Crippen LogP contribution in [0.2, 0.25) is 0 Å². The van der Waals surface area contributed by atoms with E-state index in [9.17, 15) is 4.79 Å². The van der Waals surface area contributed by atoms with E-state index in [0.29, 0.717) is 24.5 Å². The van der Waals surface area contributed by atoms with Crippen molar-refractivity contribution in [1.82, 2.24) is 9.97 Å². The molecule has 0 radical (unpaired) electrons. The first-order chi connectivity index (χ1) is 8.67. The number of nitrogens with zero attached hydrogens (tertiary/aromatic N) is 1. The Kier molecular flexibility index (Phi) is 3.89. The van der Waals surface area contributed by atoms with E-state index < -0.39 is 0 Å². The van der Waals surface area contributed by atoms with E-state index in [1.165, 1.54) is 11.6 Å². The molecule has 0 aliphatic rings. The molecule has 1 aromatic carbocycles. The second kappa shape index (κ2) is 5.60. The molecule has 94 valence electrons. The van der Waals surface area contributed by atoms with Crippen molar-refractivity contribution in [2.75, 3.05) is 7.11 Å². The van der Waals surface area contributed by atoms with Crippen LogP contribution in [0.3, 0.4) is 0 Å². The minimum absolute atomic E-state index is 0.139. The predicted octanol–water partition coefficient (Wildman–Crippen LogP) is 1.82. The summed E-state index contributed by atoms with van der Waals surface area (Å²) in [6.07, 6.45) is 0.620. The number of aromatic nitrogens is 2. The molecule has 2 rings (SSSR count). The number of methoxy groups -OCH3 is 1. The number of benzene rings is 1. The van der Waals surface area contributed by atoms with Crippen LogP contribution < -0.4 is 5.56 Å². The van der Waals surface area contributed by atoms with Crippen molar-refractivity contribution in [3.8, 4) is 0 Å². The molecule has 0 aliphatic heterocycles. The highest BCUT2D eigenvalue weighted by Gasteiger charge is 2.03. The summed E-state index contributed by atoms with van der Waals surface area (Å²) < 4.78 is 4.99. The fraction of sp³-hybridized carbons (Fsp3) is 0.286. The Bertz CT molecular complexity index is 590. The van der Waals surface area contributed by atoms with Gasteiger partial charge in [-0.3, -0.25) is 4.79 Å². The number of nitrogens with one attached hydrogen (secondary N) is 1. The summed E-state index contributed by atoms with van der Waals surface area (Å²) in [4.78, 5) is 18.6.